The Bertz CT molecular complexity index is 743. The van der Waals surface area contributed by atoms with Crippen LogP contribution in [0.2, 0.25) is 0 Å². The van der Waals surface area contributed by atoms with Crippen LogP contribution >= 0.6 is 0 Å². The molecule has 2 atom stereocenters. The predicted molar refractivity (Wildman–Crippen MR) is 85.5 cm³/mol. The fourth-order valence-corrected chi connectivity index (χ4v) is 3.33. The van der Waals surface area contributed by atoms with Crippen molar-refractivity contribution in [2.45, 2.75) is 26.8 Å². The maximum absolute atomic E-state index is 12.5. The van der Waals surface area contributed by atoms with E-state index >= 15 is 0 Å². The number of hydrogen-bond acceptors (Lipinski definition) is 3. The molecule has 1 aliphatic heterocycles. The number of amides is 1. The number of hydrogen-bond donors (Lipinski definition) is 0. The first-order valence-electron chi connectivity index (χ1n) is 7.76. The number of benzene rings is 1. The monoisotopic (exact) mass is 299 g/mol. The lowest BCUT2D eigenvalue weighted by atomic mass is 9.92. The maximum atomic E-state index is 12.5. The van der Waals surface area contributed by atoms with E-state index in [-0.39, 0.29) is 18.0 Å². The molecule has 0 bridgehead atoms. The molecule has 5 heteroatoms. The highest BCUT2D eigenvalue weighted by atomic mass is 16.2. The van der Waals surface area contributed by atoms with Crippen LogP contribution in [0.15, 0.2) is 35.4 Å². The average Bonchev–Trinajstić information content (AvgIpc) is 2.49. The zero-order valence-corrected chi connectivity index (χ0v) is 13.0. The van der Waals surface area contributed by atoms with Gasteiger partial charge in [-0.3, -0.25) is 14.2 Å². The Morgan fingerprint density at radius 1 is 1.23 bits per heavy atom. The standard InChI is InChI=1S/C17H21N3O2/c1-12-7-13(2)9-19(8-12)16(21)10-20-11-18-15-6-4-3-5-14(15)17(20)22/h3-6,11-13H,7-10H2,1-2H3/t12-,13+. The van der Waals surface area contributed by atoms with Gasteiger partial charge < -0.3 is 4.90 Å². The van der Waals surface area contributed by atoms with Gasteiger partial charge in [-0.1, -0.05) is 26.0 Å². The number of carbonyl (C=O) groups excluding carboxylic acids is 1. The molecular weight excluding hydrogens is 278 g/mol. The third-order valence-corrected chi connectivity index (χ3v) is 4.26. The Kier molecular flexibility index (Phi) is 3.96. The molecule has 2 heterocycles. The summed E-state index contributed by atoms with van der Waals surface area (Å²) in [5.74, 6) is 1.02. The topological polar surface area (TPSA) is 55.2 Å². The van der Waals surface area contributed by atoms with Crippen molar-refractivity contribution >= 4 is 16.8 Å². The van der Waals surface area contributed by atoms with E-state index in [1.807, 2.05) is 17.0 Å². The fourth-order valence-electron chi connectivity index (χ4n) is 3.33. The Morgan fingerprint density at radius 2 is 1.91 bits per heavy atom. The lowest BCUT2D eigenvalue weighted by Gasteiger charge is -2.35. The van der Waals surface area contributed by atoms with Crippen LogP contribution in [0.4, 0.5) is 0 Å². The molecule has 0 N–H and O–H groups in total. The minimum Gasteiger partial charge on any atom is -0.341 e. The van der Waals surface area contributed by atoms with Gasteiger partial charge in [-0.2, -0.15) is 0 Å². The third kappa shape index (κ3) is 2.89. The zero-order chi connectivity index (χ0) is 15.7. The van der Waals surface area contributed by atoms with Crippen molar-refractivity contribution < 1.29 is 4.79 Å². The van der Waals surface area contributed by atoms with Crippen LogP contribution in [0.1, 0.15) is 20.3 Å². The van der Waals surface area contributed by atoms with Gasteiger partial charge in [-0.05, 0) is 30.4 Å². The fraction of sp³-hybridized carbons (Fsp3) is 0.471. The summed E-state index contributed by atoms with van der Waals surface area (Å²) in [6.45, 7) is 5.95. The Balaban J connectivity index is 1.82. The molecule has 0 spiro atoms. The summed E-state index contributed by atoms with van der Waals surface area (Å²) < 4.78 is 1.41. The number of carbonyl (C=O) groups is 1. The number of rotatable bonds is 2. The molecule has 1 aromatic carbocycles. The van der Waals surface area contributed by atoms with Gasteiger partial charge in [0.15, 0.2) is 0 Å². The minimum atomic E-state index is -0.156. The second-order valence-electron chi connectivity index (χ2n) is 6.44. The quantitative estimate of drug-likeness (QED) is 0.851. The van der Waals surface area contributed by atoms with Crippen LogP contribution in [0.5, 0.6) is 0 Å². The van der Waals surface area contributed by atoms with Crippen molar-refractivity contribution in [1.82, 2.24) is 14.5 Å². The number of likely N-dealkylation sites (tertiary alicyclic amines) is 1. The molecule has 5 nitrogen and oxygen atoms in total. The molecule has 22 heavy (non-hydrogen) atoms. The summed E-state index contributed by atoms with van der Waals surface area (Å²) >= 11 is 0. The Labute approximate surface area is 129 Å². The first-order valence-corrected chi connectivity index (χ1v) is 7.76. The van der Waals surface area contributed by atoms with Crippen molar-refractivity contribution in [2.75, 3.05) is 13.1 Å². The van der Waals surface area contributed by atoms with Crippen LogP contribution < -0.4 is 5.56 Å². The van der Waals surface area contributed by atoms with Crippen molar-refractivity contribution in [1.29, 1.82) is 0 Å². The third-order valence-electron chi connectivity index (χ3n) is 4.26. The molecule has 0 saturated carbocycles. The molecule has 0 aliphatic carbocycles. The summed E-state index contributed by atoms with van der Waals surface area (Å²) in [6.07, 6.45) is 2.63. The van der Waals surface area contributed by atoms with Crippen LogP contribution in [0.25, 0.3) is 10.9 Å². The second-order valence-corrected chi connectivity index (χ2v) is 6.44. The van der Waals surface area contributed by atoms with E-state index in [9.17, 15) is 9.59 Å². The van der Waals surface area contributed by atoms with E-state index in [1.54, 1.807) is 12.1 Å². The Morgan fingerprint density at radius 3 is 2.64 bits per heavy atom. The highest BCUT2D eigenvalue weighted by molar-refractivity contribution is 5.79. The van der Waals surface area contributed by atoms with E-state index < -0.39 is 0 Å². The lowest BCUT2D eigenvalue weighted by Crippen LogP contribution is -2.44. The zero-order valence-electron chi connectivity index (χ0n) is 13.0. The second kappa shape index (κ2) is 5.91. The highest BCUT2D eigenvalue weighted by Gasteiger charge is 2.25. The number of nitrogens with zero attached hydrogens (tertiary/aromatic N) is 3. The largest absolute Gasteiger partial charge is 0.341 e. The molecule has 0 radical (unpaired) electrons. The van der Waals surface area contributed by atoms with Gasteiger partial charge in [-0.15, -0.1) is 0 Å². The van der Waals surface area contributed by atoms with Crippen molar-refractivity contribution in [3.63, 3.8) is 0 Å². The molecule has 1 saturated heterocycles. The van der Waals surface area contributed by atoms with E-state index in [4.69, 9.17) is 0 Å². The molecule has 1 aliphatic rings. The summed E-state index contributed by atoms with van der Waals surface area (Å²) in [5.41, 5.74) is 0.508. The van der Waals surface area contributed by atoms with Crippen LogP contribution in [-0.4, -0.2) is 33.4 Å². The van der Waals surface area contributed by atoms with E-state index in [0.717, 1.165) is 19.5 Å². The first kappa shape index (κ1) is 14.8. The number of para-hydroxylation sites is 1. The molecule has 0 unspecified atom stereocenters. The summed E-state index contributed by atoms with van der Waals surface area (Å²) in [7, 11) is 0. The van der Waals surface area contributed by atoms with Crippen LogP contribution in [0, 0.1) is 11.8 Å². The predicted octanol–water partition coefficient (Wildman–Crippen LogP) is 1.90. The SMILES string of the molecule is C[C@@H]1C[C@H](C)CN(C(=O)Cn2cnc3ccccc3c2=O)C1. The van der Waals surface area contributed by atoms with Gasteiger partial charge in [-0.25, -0.2) is 4.98 Å². The smallest absolute Gasteiger partial charge is 0.261 e. The molecular formula is C17H21N3O2. The molecule has 116 valence electrons. The van der Waals surface area contributed by atoms with Gasteiger partial charge in [0, 0.05) is 13.1 Å². The molecule has 2 aromatic rings. The normalized spacial score (nSPS) is 22.0. The number of aromatic nitrogens is 2. The van der Waals surface area contributed by atoms with E-state index in [1.165, 1.54) is 10.9 Å². The first-order chi connectivity index (χ1) is 10.5. The summed E-state index contributed by atoms with van der Waals surface area (Å²) in [5, 5.41) is 0.554. The summed E-state index contributed by atoms with van der Waals surface area (Å²) in [6, 6.07) is 7.21. The number of piperidine rings is 1. The van der Waals surface area contributed by atoms with Gasteiger partial charge in [0.2, 0.25) is 5.91 Å². The van der Waals surface area contributed by atoms with Gasteiger partial charge >= 0.3 is 0 Å². The lowest BCUT2D eigenvalue weighted by molar-refractivity contribution is -0.134. The van der Waals surface area contributed by atoms with Crippen molar-refractivity contribution in [2.24, 2.45) is 11.8 Å². The molecule has 1 aromatic heterocycles. The highest BCUT2D eigenvalue weighted by Crippen LogP contribution is 2.21. The van der Waals surface area contributed by atoms with Crippen LogP contribution in [0.3, 0.4) is 0 Å². The van der Waals surface area contributed by atoms with Crippen molar-refractivity contribution in [3.05, 3.63) is 40.9 Å². The van der Waals surface area contributed by atoms with Gasteiger partial charge in [0.1, 0.15) is 6.54 Å². The van der Waals surface area contributed by atoms with Gasteiger partial charge in [0.25, 0.3) is 5.56 Å². The summed E-state index contributed by atoms with van der Waals surface area (Å²) in [4.78, 5) is 31.1. The van der Waals surface area contributed by atoms with Gasteiger partial charge in [0.05, 0.1) is 17.2 Å². The molecule has 1 fully saturated rings. The average molecular weight is 299 g/mol. The van der Waals surface area contributed by atoms with E-state index in [2.05, 4.69) is 18.8 Å². The van der Waals surface area contributed by atoms with Crippen molar-refractivity contribution in [3.8, 4) is 0 Å². The van der Waals surface area contributed by atoms with Crippen LogP contribution in [-0.2, 0) is 11.3 Å². The Hall–Kier alpha value is -2.17. The van der Waals surface area contributed by atoms with E-state index in [0.29, 0.717) is 22.7 Å². The molecule has 3 rings (SSSR count). The minimum absolute atomic E-state index is 0.00224. The maximum Gasteiger partial charge on any atom is 0.261 e. The molecule has 1 amide bonds. The number of fused-ring (bicyclic) bond motifs is 1.